The van der Waals surface area contributed by atoms with Gasteiger partial charge in [-0.3, -0.25) is 10.1 Å². The Balaban J connectivity index is 1.96. The van der Waals surface area contributed by atoms with E-state index in [4.69, 9.17) is 5.14 Å². The van der Waals surface area contributed by atoms with Gasteiger partial charge in [0, 0.05) is 12.1 Å². The summed E-state index contributed by atoms with van der Waals surface area (Å²) in [7, 11) is -3.97. The number of sulfonamides is 1. The van der Waals surface area contributed by atoms with Crippen molar-refractivity contribution in [3.05, 3.63) is 28.3 Å². The molecule has 2 saturated carbocycles. The van der Waals surface area contributed by atoms with Crippen LogP contribution in [0.25, 0.3) is 0 Å². The van der Waals surface area contributed by atoms with Gasteiger partial charge in [-0.1, -0.05) is 20.8 Å². The van der Waals surface area contributed by atoms with Gasteiger partial charge in [-0.25, -0.2) is 13.6 Å². The molecule has 0 heterocycles. The van der Waals surface area contributed by atoms with Crippen molar-refractivity contribution in [3.8, 4) is 0 Å². The third kappa shape index (κ3) is 2.39. The molecule has 7 nitrogen and oxygen atoms in total. The van der Waals surface area contributed by atoms with Gasteiger partial charge in [0.25, 0.3) is 5.69 Å². The molecule has 0 amide bonds. The molecule has 1 aromatic carbocycles. The lowest BCUT2D eigenvalue weighted by Crippen LogP contribution is -2.40. The summed E-state index contributed by atoms with van der Waals surface area (Å²) in [6, 6.07) is 3.91. The predicted octanol–water partition coefficient (Wildman–Crippen LogP) is 2.87. The SMILES string of the molecule is CC1(C)[C@H]2CC[C@]1(C)[C@@H](Nc1ccc(S(N)(=O)=O)cc1[N+](=O)[O-])C2. The highest BCUT2D eigenvalue weighted by atomic mass is 32.2. The lowest BCUT2D eigenvalue weighted by Gasteiger charge is -2.39. The van der Waals surface area contributed by atoms with E-state index >= 15 is 0 Å². The topological polar surface area (TPSA) is 115 Å². The second kappa shape index (κ2) is 5.16. The van der Waals surface area contributed by atoms with Crippen LogP contribution in [0.3, 0.4) is 0 Å². The van der Waals surface area contributed by atoms with E-state index in [0.717, 1.165) is 18.9 Å². The number of nitro groups is 1. The van der Waals surface area contributed by atoms with Crippen LogP contribution in [0.1, 0.15) is 40.0 Å². The van der Waals surface area contributed by atoms with Gasteiger partial charge in [-0.05, 0) is 48.1 Å². The zero-order valence-electron chi connectivity index (χ0n) is 14.1. The summed E-state index contributed by atoms with van der Waals surface area (Å²) in [6.07, 6.45) is 3.25. The highest BCUT2D eigenvalue weighted by Crippen LogP contribution is 2.66. The van der Waals surface area contributed by atoms with E-state index in [0.29, 0.717) is 11.6 Å². The van der Waals surface area contributed by atoms with Gasteiger partial charge in [0.15, 0.2) is 0 Å². The van der Waals surface area contributed by atoms with Crippen LogP contribution in [0.4, 0.5) is 11.4 Å². The van der Waals surface area contributed by atoms with Gasteiger partial charge in [0.05, 0.1) is 9.82 Å². The molecule has 2 bridgehead atoms. The number of fused-ring (bicyclic) bond motifs is 2. The summed E-state index contributed by atoms with van der Waals surface area (Å²) in [6.45, 7) is 6.78. The molecule has 3 N–H and O–H groups in total. The molecule has 3 atom stereocenters. The minimum absolute atomic E-state index is 0.0597. The quantitative estimate of drug-likeness (QED) is 0.638. The maximum atomic E-state index is 11.4. The molecule has 0 saturated heterocycles. The van der Waals surface area contributed by atoms with Crippen molar-refractivity contribution in [1.82, 2.24) is 0 Å². The number of anilines is 1. The van der Waals surface area contributed by atoms with Crippen molar-refractivity contribution in [2.24, 2.45) is 21.9 Å². The lowest BCUT2D eigenvalue weighted by molar-refractivity contribution is -0.384. The van der Waals surface area contributed by atoms with Crippen LogP contribution in [-0.4, -0.2) is 19.4 Å². The Morgan fingerprint density at radius 2 is 2.00 bits per heavy atom. The Kier molecular flexibility index (Phi) is 3.69. The van der Waals surface area contributed by atoms with Gasteiger partial charge in [-0.2, -0.15) is 0 Å². The van der Waals surface area contributed by atoms with E-state index in [1.54, 1.807) is 0 Å². The van der Waals surface area contributed by atoms with E-state index in [-0.39, 0.29) is 27.5 Å². The molecule has 0 radical (unpaired) electrons. The van der Waals surface area contributed by atoms with Crippen molar-refractivity contribution in [2.75, 3.05) is 5.32 Å². The molecular formula is C16H23N3O4S. The highest BCUT2D eigenvalue weighted by molar-refractivity contribution is 7.89. The van der Waals surface area contributed by atoms with Crippen molar-refractivity contribution in [3.63, 3.8) is 0 Å². The van der Waals surface area contributed by atoms with Crippen LogP contribution < -0.4 is 10.5 Å². The first-order chi connectivity index (χ1) is 11.0. The number of hydrogen-bond acceptors (Lipinski definition) is 5. The zero-order chi connectivity index (χ0) is 17.9. The summed E-state index contributed by atoms with van der Waals surface area (Å²) >= 11 is 0. The number of nitrogens with one attached hydrogen (secondary N) is 1. The Hall–Kier alpha value is -1.67. The van der Waals surface area contributed by atoms with Crippen LogP contribution in [0, 0.1) is 26.9 Å². The Bertz CT molecular complexity index is 806. The van der Waals surface area contributed by atoms with Crippen molar-refractivity contribution in [1.29, 1.82) is 0 Å². The molecule has 0 unspecified atom stereocenters. The molecule has 2 aliphatic carbocycles. The first-order valence-electron chi connectivity index (χ1n) is 8.04. The normalized spacial score (nSPS) is 31.2. The monoisotopic (exact) mass is 353 g/mol. The fourth-order valence-electron chi connectivity index (χ4n) is 4.57. The number of rotatable bonds is 4. The summed E-state index contributed by atoms with van der Waals surface area (Å²) in [5.74, 6) is 0.600. The summed E-state index contributed by atoms with van der Waals surface area (Å²) in [5, 5.41) is 19.8. The number of nitrogens with zero attached hydrogens (tertiary/aromatic N) is 1. The van der Waals surface area contributed by atoms with Crippen LogP contribution in [0.15, 0.2) is 23.1 Å². The van der Waals surface area contributed by atoms with Gasteiger partial charge >= 0.3 is 0 Å². The summed E-state index contributed by atoms with van der Waals surface area (Å²) in [4.78, 5) is 10.5. The van der Waals surface area contributed by atoms with E-state index in [1.165, 1.54) is 18.6 Å². The molecule has 0 spiro atoms. The predicted molar refractivity (Wildman–Crippen MR) is 91.1 cm³/mol. The Morgan fingerprint density at radius 3 is 2.46 bits per heavy atom. The first-order valence-corrected chi connectivity index (χ1v) is 9.59. The third-order valence-electron chi connectivity index (χ3n) is 6.62. The van der Waals surface area contributed by atoms with Gasteiger partial charge in [-0.15, -0.1) is 0 Å². The second-order valence-electron chi connectivity index (χ2n) is 7.79. The molecule has 8 heteroatoms. The van der Waals surface area contributed by atoms with E-state index in [2.05, 4.69) is 26.1 Å². The summed E-state index contributed by atoms with van der Waals surface area (Å²) < 4.78 is 22.9. The maximum Gasteiger partial charge on any atom is 0.293 e. The van der Waals surface area contributed by atoms with Crippen LogP contribution in [0.2, 0.25) is 0 Å². The van der Waals surface area contributed by atoms with Gasteiger partial charge < -0.3 is 5.32 Å². The average molecular weight is 353 g/mol. The lowest BCUT2D eigenvalue weighted by atomic mass is 9.69. The molecule has 0 aliphatic heterocycles. The fraction of sp³-hybridized carbons (Fsp3) is 0.625. The Morgan fingerprint density at radius 1 is 1.33 bits per heavy atom. The number of benzene rings is 1. The van der Waals surface area contributed by atoms with Crippen molar-refractivity contribution >= 4 is 21.4 Å². The van der Waals surface area contributed by atoms with Gasteiger partial charge in [0.1, 0.15) is 5.69 Å². The molecule has 3 rings (SSSR count). The molecule has 24 heavy (non-hydrogen) atoms. The third-order valence-corrected chi connectivity index (χ3v) is 7.53. The van der Waals surface area contributed by atoms with Gasteiger partial charge in [0.2, 0.25) is 10.0 Å². The Labute approximate surface area is 141 Å². The maximum absolute atomic E-state index is 11.4. The molecule has 2 fully saturated rings. The van der Waals surface area contributed by atoms with Crippen LogP contribution >= 0.6 is 0 Å². The second-order valence-corrected chi connectivity index (χ2v) is 9.35. The standard InChI is InChI=1S/C16H23N3O4S/c1-15(2)10-6-7-16(15,3)14(8-10)18-12-5-4-11(24(17,22)23)9-13(12)19(20)21/h4-5,9-10,14,18H,6-8H2,1-3H3,(H2,17,22,23)/t10-,14-,16+/m0/s1. The highest BCUT2D eigenvalue weighted by Gasteiger charge is 2.61. The minimum atomic E-state index is -3.97. The van der Waals surface area contributed by atoms with E-state index in [9.17, 15) is 18.5 Å². The number of nitro benzene ring substituents is 1. The molecular weight excluding hydrogens is 330 g/mol. The average Bonchev–Trinajstić information content (AvgIpc) is 2.79. The number of primary sulfonamides is 1. The van der Waals surface area contributed by atoms with Crippen LogP contribution in [0.5, 0.6) is 0 Å². The van der Waals surface area contributed by atoms with E-state index < -0.39 is 14.9 Å². The van der Waals surface area contributed by atoms with Crippen molar-refractivity contribution < 1.29 is 13.3 Å². The molecule has 0 aromatic heterocycles. The zero-order valence-corrected chi connectivity index (χ0v) is 14.9. The number of hydrogen-bond donors (Lipinski definition) is 2. The van der Waals surface area contributed by atoms with Crippen LogP contribution in [-0.2, 0) is 10.0 Å². The first kappa shape index (κ1) is 17.2. The van der Waals surface area contributed by atoms with Crippen molar-refractivity contribution in [2.45, 2.75) is 51.0 Å². The minimum Gasteiger partial charge on any atom is -0.376 e. The fourth-order valence-corrected chi connectivity index (χ4v) is 5.10. The summed E-state index contributed by atoms with van der Waals surface area (Å²) in [5.41, 5.74) is 0.331. The van der Waals surface area contributed by atoms with E-state index in [1.807, 2.05) is 0 Å². The smallest absolute Gasteiger partial charge is 0.293 e. The number of nitrogens with two attached hydrogens (primary N) is 1. The molecule has 2 aliphatic rings. The largest absolute Gasteiger partial charge is 0.376 e. The molecule has 1 aromatic rings. The molecule has 132 valence electrons.